The third-order valence-corrected chi connectivity index (χ3v) is 4.95. The SMILES string of the molecule is CNC(=O)NC(=O)C(C)OC(=O)c1ccc(S(=O)(=O)NC2CC2)cc1. The minimum Gasteiger partial charge on any atom is -0.449 e. The molecular formula is C15H19N3O6S. The summed E-state index contributed by atoms with van der Waals surface area (Å²) in [5.41, 5.74) is 0.0879. The van der Waals surface area contributed by atoms with E-state index in [0.717, 1.165) is 12.8 Å². The van der Waals surface area contributed by atoms with E-state index in [4.69, 9.17) is 4.74 Å². The second-order valence-electron chi connectivity index (χ2n) is 5.54. The molecule has 9 nitrogen and oxygen atoms in total. The number of carbonyl (C=O) groups excluding carboxylic acids is 3. The highest BCUT2D eigenvalue weighted by atomic mass is 32.2. The molecule has 0 saturated heterocycles. The van der Waals surface area contributed by atoms with Crippen molar-refractivity contribution in [3.8, 4) is 0 Å². The quantitative estimate of drug-likeness (QED) is 0.611. The van der Waals surface area contributed by atoms with Crippen LogP contribution in [0, 0.1) is 0 Å². The fourth-order valence-corrected chi connectivity index (χ4v) is 3.12. The number of amides is 3. The van der Waals surface area contributed by atoms with Gasteiger partial charge < -0.3 is 10.1 Å². The molecule has 1 aromatic rings. The molecule has 1 atom stereocenters. The van der Waals surface area contributed by atoms with Gasteiger partial charge in [-0.1, -0.05) is 0 Å². The van der Waals surface area contributed by atoms with E-state index in [9.17, 15) is 22.8 Å². The zero-order valence-corrected chi connectivity index (χ0v) is 14.6. The van der Waals surface area contributed by atoms with Crippen LogP contribution in [0.5, 0.6) is 0 Å². The number of hydrogen-bond acceptors (Lipinski definition) is 6. The topological polar surface area (TPSA) is 131 Å². The van der Waals surface area contributed by atoms with Crippen LogP contribution >= 0.6 is 0 Å². The van der Waals surface area contributed by atoms with Crippen molar-refractivity contribution >= 4 is 27.9 Å². The number of imide groups is 1. The lowest BCUT2D eigenvalue weighted by Crippen LogP contribution is -2.43. The Kier molecular flexibility index (Phi) is 5.75. The van der Waals surface area contributed by atoms with Crippen LogP contribution in [0.15, 0.2) is 29.2 Å². The van der Waals surface area contributed by atoms with Crippen LogP contribution in [-0.2, 0) is 19.6 Å². The molecule has 1 unspecified atom stereocenters. The van der Waals surface area contributed by atoms with Crippen LogP contribution in [0.1, 0.15) is 30.1 Å². The maximum absolute atomic E-state index is 12.0. The van der Waals surface area contributed by atoms with Gasteiger partial charge in [-0.05, 0) is 44.0 Å². The summed E-state index contributed by atoms with van der Waals surface area (Å²) >= 11 is 0. The third kappa shape index (κ3) is 5.26. The third-order valence-electron chi connectivity index (χ3n) is 3.42. The number of carbonyl (C=O) groups is 3. The number of sulfonamides is 1. The molecule has 1 aromatic carbocycles. The predicted octanol–water partition coefficient (Wildman–Crippen LogP) is 0.128. The normalized spacial score (nSPS) is 15.1. The number of ether oxygens (including phenoxy) is 1. The first-order chi connectivity index (χ1) is 11.7. The van der Waals surface area contributed by atoms with Gasteiger partial charge in [0.15, 0.2) is 6.10 Å². The van der Waals surface area contributed by atoms with E-state index in [-0.39, 0.29) is 16.5 Å². The van der Waals surface area contributed by atoms with Gasteiger partial charge in [-0.2, -0.15) is 0 Å². The highest BCUT2D eigenvalue weighted by molar-refractivity contribution is 7.89. The Morgan fingerprint density at radius 1 is 1.16 bits per heavy atom. The zero-order valence-electron chi connectivity index (χ0n) is 13.7. The van der Waals surface area contributed by atoms with E-state index in [1.807, 2.05) is 5.32 Å². The first-order valence-electron chi connectivity index (χ1n) is 7.59. The summed E-state index contributed by atoms with van der Waals surface area (Å²) in [6.07, 6.45) is 0.448. The predicted molar refractivity (Wildman–Crippen MR) is 87.3 cm³/mol. The molecule has 0 bridgehead atoms. The van der Waals surface area contributed by atoms with Gasteiger partial charge in [0.05, 0.1) is 10.5 Å². The molecule has 2 rings (SSSR count). The highest BCUT2D eigenvalue weighted by Gasteiger charge is 2.28. The maximum atomic E-state index is 12.0. The van der Waals surface area contributed by atoms with Gasteiger partial charge in [-0.25, -0.2) is 22.7 Å². The van der Waals surface area contributed by atoms with Gasteiger partial charge in [0.2, 0.25) is 10.0 Å². The van der Waals surface area contributed by atoms with Crippen molar-refractivity contribution in [1.82, 2.24) is 15.4 Å². The number of benzene rings is 1. The smallest absolute Gasteiger partial charge is 0.338 e. The van der Waals surface area contributed by atoms with E-state index in [1.54, 1.807) is 0 Å². The lowest BCUT2D eigenvalue weighted by atomic mass is 10.2. The molecule has 3 amide bonds. The Balaban J connectivity index is 1.97. The largest absolute Gasteiger partial charge is 0.449 e. The summed E-state index contributed by atoms with van der Waals surface area (Å²) in [6, 6.07) is 4.44. The second-order valence-corrected chi connectivity index (χ2v) is 7.25. The van der Waals surface area contributed by atoms with Crippen molar-refractivity contribution < 1.29 is 27.5 Å². The molecule has 3 N–H and O–H groups in total. The minimum absolute atomic E-state index is 0.0191. The van der Waals surface area contributed by atoms with E-state index in [2.05, 4.69) is 10.0 Å². The van der Waals surface area contributed by atoms with Crippen molar-refractivity contribution in [2.24, 2.45) is 0 Å². The standard InChI is InChI=1S/C15H19N3O6S/c1-9(13(19)17-15(21)16-2)24-14(20)10-3-7-12(8-4-10)25(22,23)18-11-5-6-11/h3-4,7-9,11,18H,5-6H2,1-2H3,(H2,16,17,19,21). The van der Waals surface area contributed by atoms with Crippen LogP contribution in [0.3, 0.4) is 0 Å². The molecule has 1 aliphatic carbocycles. The van der Waals surface area contributed by atoms with Crippen molar-refractivity contribution in [2.75, 3.05) is 7.05 Å². The monoisotopic (exact) mass is 369 g/mol. The first-order valence-corrected chi connectivity index (χ1v) is 9.07. The van der Waals surface area contributed by atoms with Gasteiger partial charge in [0.25, 0.3) is 5.91 Å². The van der Waals surface area contributed by atoms with Crippen molar-refractivity contribution in [3.05, 3.63) is 29.8 Å². The molecule has 0 radical (unpaired) electrons. The number of urea groups is 1. The lowest BCUT2D eigenvalue weighted by Gasteiger charge is -2.13. The molecular weight excluding hydrogens is 350 g/mol. The van der Waals surface area contributed by atoms with Crippen molar-refractivity contribution in [3.63, 3.8) is 0 Å². The van der Waals surface area contributed by atoms with Crippen LogP contribution in [0.4, 0.5) is 4.79 Å². The minimum atomic E-state index is -3.60. The van der Waals surface area contributed by atoms with Crippen LogP contribution < -0.4 is 15.4 Å². The Bertz CT molecular complexity index is 771. The summed E-state index contributed by atoms with van der Waals surface area (Å²) in [5.74, 6) is -1.58. The maximum Gasteiger partial charge on any atom is 0.338 e. The Morgan fingerprint density at radius 2 is 1.76 bits per heavy atom. The molecule has 25 heavy (non-hydrogen) atoms. The van der Waals surface area contributed by atoms with Gasteiger partial charge in [-0.15, -0.1) is 0 Å². The summed E-state index contributed by atoms with van der Waals surface area (Å²) in [4.78, 5) is 34.7. The highest BCUT2D eigenvalue weighted by Crippen LogP contribution is 2.22. The fraction of sp³-hybridized carbons (Fsp3) is 0.400. The van der Waals surface area contributed by atoms with E-state index in [0.29, 0.717) is 0 Å². The van der Waals surface area contributed by atoms with Crippen LogP contribution in [-0.4, -0.2) is 45.5 Å². The molecule has 136 valence electrons. The molecule has 10 heteroatoms. The van der Waals surface area contributed by atoms with Crippen molar-refractivity contribution in [1.29, 1.82) is 0 Å². The number of hydrogen-bond donors (Lipinski definition) is 3. The second kappa shape index (κ2) is 7.62. The van der Waals surface area contributed by atoms with Gasteiger partial charge >= 0.3 is 12.0 Å². The first kappa shape index (κ1) is 18.9. The molecule has 1 fully saturated rings. The molecule has 0 spiro atoms. The number of rotatable bonds is 6. The van der Waals surface area contributed by atoms with Gasteiger partial charge in [-0.3, -0.25) is 10.1 Å². The molecule has 0 heterocycles. The molecule has 1 aliphatic rings. The Morgan fingerprint density at radius 3 is 2.28 bits per heavy atom. The average molecular weight is 369 g/mol. The number of esters is 1. The van der Waals surface area contributed by atoms with Crippen LogP contribution in [0.2, 0.25) is 0 Å². The summed E-state index contributed by atoms with van der Waals surface area (Å²) in [6.45, 7) is 1.31. The summed E-state index contributed by atoms with van der Waals surface area (Å²) in [5, 5.41) is 4.19. The van der Waals surface area contributed by atoms with Gasteiger partial charge in [0.1, 0.15) is 0 Å². The lowest BCUT2D eigenvalue weighted by molar-refractivity contribution is -0.127. The Hall–Kier alpha value is -2.46. The van der Waals surface area contributed by atoms with Gasteiger partial charge in [0, 0.05) is 13.1 Å². The van der Waals surface area contributed by atoms with E-state index < -0.39 is 34.0 Å². The summed E-state index contributed by atoms with van der Waals surface area (Å²) < 4.78 is 31.6. The molecule has 0 aromatic heterocycles. The van der Waals surface area contributed by atoms with Crippen LogP contribution in [0.25, 0.3) is 0 Å². The Labute approximate surface area is 145 Å². The molecule has 0 aliphatic heterocycles. The fourth-order valence-electron chi connectivity index (χ4n) is 1.82. The average Bonchev–Trinajstić information content (AvgIpc) is 3.37. The number of nitrogens with one attached hydrogen (secondary N) is 3. The van der Waals surface area contributed by atoms with Crippen molar-refractivity contribution in [2.45, 2.75) is 36.8 Å². The van der Waals surface area contributed by atoms with E-state index >= 15 is 0 Å². The molecule has 1 saturated carbocycles. The van der Waals surface area contributed by atoms with E-state index in [1.165, 1.54) is 38.2 Å². The summed E-state index contributed by atoms with van der Waals surface area (Å²) in [7, 11) is -2.26. The zero-order chi connectivity index (χ0) is 18.6.